The van der Waals surface area contributed by atoms with Crippen LogP contribution < -0.4 is 5.32 Å². The van der Waals surface area contributed by atoms with Crippen LogP contribution in [0.5, 0.6) is 0 Å². The molecule has 1 heterocycles. The van der Waals surface area contributed by atoms with Crippen LogP contribution >= 0.6 is 11.3 Å². The first-order chi connectivity index (χ1) is 9.82. The molecule has 0 spiro atoms. The van der Waals surface area contributed by atoms with Crippen LogP contribution in [0.2, 0.25) is 0 Å². The number of nitrogens with one attached hydrogen (secondary N) is 1. The highest BCUT2D eigenvalue weighted by atomic mass is 32.1. The van der Waals surface area contributed by atoms with Crippen LogP contribution in [0.15, 0.2) is 24.4 Å². The lowest BCUT2D eigenvalue weighted by Gasteiger charge is -2.16. The molecule has 1 atom stereocenters. The van der Waals surface area contributed by atoms with Crippen molar-refractivity contribution in [1.29, 1.82) is 0 Å². The topological polar surface area (TPSA) is 24.9 Å². The standard InChI is InChI=1S/C14H14F4N2S/c1-3-19-8(2)10-5-4-9(15)6-11(10)12-7-20-13(21-12)14(16,17)18/h4-8,19H,3H2,1-2H3. The molecule has 7 heteroatoms. The van der Waals surface area contributed by atoms with E-state index in [0.29, 0.717) is 28.3 Å². The number of benzene rings is 1. The van der Waals surface area contributed by atoms with Crippen molar-refractivity contribution in [3.63, 3.8) is 0 Å². The molecule has 2 nitrogen and oxygen atoms in total. The highest BCUT2D eigenvalue weighted by Crippen LogP contribution is 2.38. The van der Waals surface area contributed by atoms with Gasteiger partial charge in [-0.1, -0.05) is 13.0 Å². The second kappa shape index (κ2) is 6.11. The Morgan fingerprint density at radius 3 is 2.62 bits per heavy atom. The first-order valence-corrected chi connectivity index (χ1v) is 7.20. The van der Waals surface area contributed by atoms with Crippen LogP contribution in [0.25, 0.3) is 10.4 Å². The molecule has 0 aliphatic heterocycles. The molecule has 0 amide bonds. The van der Waals surface area contributed by atoms with Crippen molar-refractivity contribution < 1.29 is 17.6 Å². The van der Waals surface area contributed by atoms with E-state index in [1.165, 1.54) is 12.1 Å². The number of hydrogen-bond acceptors (Lipinski definition) is 3. The van der Waals surface area contributed by atoms with E-state index < -0.39 is 17.0 Å². The van der Waals surface area contributed by atoms with E-state index in [4.69, 9.17) is 0 Å². The predicted octanol–water partition coefficient (Wildman–Crippen LogP) is 4.64. The van der Waals surface area contributed by atoms with Crippen LogP contribution in [0.1, 0.15) is 30.5 Å². The first kappa shape index (κ1) is 15.9. The van der Waals surface area contributed by atoms with E-state index in [0.717, 1.165) is 11.8 Å². The number of halogens is 4. The molecule has 0 aliphatic carbocycles. The van der Waals surface area contributed by atoms with Crippen molar-refractivity contribution in [3.05, 3.63) is 40.8 Å². The van der Waals surface area contributed by atoms with Gasteiger partial charge in [-0.15, -0.1) is 11.3 Å². The minimum atomic E-state index is -4.48. The molecule has 1 aromatic heterocycles. The van der Waals surface area contributed by atoms with Gasteiger partial charge in [-0.25, -0.2) is 9.37 Å². The van der Waals surface area contributed by atoms with Crippen LogP contribution in [0.4, 0.5) is 17.6 Å². The highest BCUT2D eigenvalue weighted by Gasteiger charge is 2.34. The Labute approximate surface area is 123 Å². The molecule has 1 N–H and O–H groups in total. The van der Waals surface area contributed by atoms with E-state index >= 15 is 0 Å². The molecular formula is C14H14F4N2S. The Kier molecular flexibility index (Phi) is 4.63. The summed E-state index contributed by atoms with van der Waals surface area (Å²) in [4.78, 5) is 3.70. The quantitative estimate of drug-likeness (QED) is 0.831. The highest BCUT2D eigenvalue weighted by molar-refractivity contribution is 7.15. The summed E-state index contributed by atoms with van der Waals surface area (Å²) < 4.78 is 51.4. The first-order valence-electron chi connectivity index (χ1n) is 6.39. The molecule has 2 rings (SSSR count). The summed E-state index contributed by atoms with van der Waals surface area (Å²) in [7, 11) is 0. The lowest BCUT2D eigenvalue weighted by atomic mass is 10.0. The molecule has 0 bridgehead atoms. The van der Waals surface area contributed by atoms with Gasteiger partial charge in [-0.3, -0.25) is 0 Å². The van der Waals surface area contributed by atoms with Crippen LogP contribution in [-0.2, 0) is 6.18 Å². The number of alkyl halides is 3. The van der Waals surface area contributed by atoms with Crippen LogP contribution in [0, 0.1) is 5.82 Å². The van der Waals surface area contributed by atoms with Crippen molar-refractivity contribution in [2.24, 2.45) is 0 Å². The zero-order chi connectivity index (χ0) is 15.6. The van der Waals surface area contributed by atoms with Gasteiger partial charge in [0.25, 0.3) is 0 Å². The zero-order valence-corrected chi connectivity index (χ0v) is 12.3. The third-order valence-corrected chi connectivity index (χ3v) is 4.08. The molecule has 2 aromatic rings. The molecule has 0 saturated carbocycles. The van der Waals surface area contributed by atoms with E-state index in [-0.39, 0.29) is 6.04 Å². The Morgan fingerprint density at radius 1 is 1.33 bits per heavy atom. The van der Waals surface area contributed by atoms with E-state index in [9.17, 15) is 17.6 Å². The Balaban J connectivity index is 2.47. The summed E-state index contributed by atoms with van der Waals surface area (Å²) in [5.41, 5.74) is 1.19. The number of aromatic nitrogens is 1. The van der Waals surface area contributed by atoms with Crippen LogP contribution in [-0.4, -0.2) is 11.5 Å². The van der Waals surface area contributed by atoms with Gasteiger partial charge in [0.15, 0.2) is 5.01 Å². The molecule has 1 unspecified atom stereocenters. The minimum Gasteiger partial charge on any atom is -0.310 e. The number of rotatable bonds is 4. The Morgan fingerprint density at radius 2 is 2.05 bits per heavy atom. The molecule has 0 aliphatic rings. The smallest absolute Gasteiger partial charge is 0.310 e. The van der Waals surface area contributed by atoms with E-state index in [1.807, 2.05) is 13.8 Å². The Bertz CT molecular complexity index is 622. The van der Waals surface area contributed by atoms with Gasteiger partial charge in [0.2, 0.25) is 0 Å². The minimum absolute atomic E-state index is 0.0953. The third kappa shape index (κ3) is 3.59. The lowest BCUT2D eigenvalue weighted by molar-refractivity contribution is -0.137. The van der Waals surface area contributed by atoms with E-state index in [1.54, 1.807) is 6.07 Å². The van der Waals surface area contributed by atoms with Crippen molar-refractivity contribution in [1.82, 2.24) is 10.3 Å². The number of hydrogen-bond donors (Lipinski definition) is 1. The second-order valence-electron chi connectivity index (χ2n) is 4.54. The molecule has 0 radical (unpaired) electrons. The zero-order valence-electron chi connectivity index (χ0n) is 11.5. The number of nitrogens with zero attached hydrogens (tertiary/aromatic N) is 1. The van der Waals surface area contributed by atoms with Gasteiger partial charge in [-0.2, -0.15) is 13.2 Å². The fourth-order valence-electron chi connectivity index (χ4n) is 2.07. The fourth-order valence-corrected chi connectivity index (χ4v) is 2.89. The largest absolute Gasteiger partial charge is 0.443 e. The van der Waals surface area contributed by atoms with Gasteiger partial charge in [0.05, 0.1) is 4.88 Å². The maximum absolute atomic E-state index is 13.5. The van der Waals surface area contributed by atoms with Crippen molar-refractivity contribution in [2.45, 2.75) is 26.1 Å². The SMILES string of the molecule is CCNC(C)c1ccc(F)cc1-c1cnc(C(F)(F)F)s1. The summed E-state index contributed by atoms with van der Waals surface area (Å²) in [5, 5.41) is 2.24. The van der Waals surface area contributed by atoms with Gasteiger partial charge < -0.3 is 5.32 Å². The molecule has 114 valence electrons. The predicted molar refractivity (Wildman–Crippen MR) is 74.6 cm³/mol. The number of thiazole rings is 1. The normalized spacial score (nSPS) is 13.4. The van der Waals surface area contributed by atoms with E-state index in [2.05, 4.69) is 10.3 Å². The Hall–Kier alpha value is -1.47. The summed E-state index contributed by atoms with van der Waals surface area (Å²) >= 11 is 0.521. The summed E-state index contributed by atoms with van der Waals surface area (Å²) in [6, 6.07) is 4.04. The molecule has 0 fully saturated rings. The molecule has 1 aromatic carbocycles. The molecule has 21 heavy (non-hydrogen) atoms. The van der Waals surface area contributed by atoms with Crippen molar-refractivity contribution >= 4 is 11.3 Å². The monoisotopic (exact) mass is 318 g/mol. The average Bonchev–Trinajstić information content (AvgIpc) is 2.88. The average molecular weight is 318 g/mol. The fraction of sp³-hybridized carbons (Fsp3) is 0.357. The maximum atomic E-state index is 13.5. The molecular weight excluding hydrogens is 304 g/mol. The van der Waals surface area contributed by atoms with Gasteiger partial charge in [0.1, 0.15) is 5.82 Å². The maximum Gasteiger partial charge on any atom is 0.443 e. The summed E-state index contributed by atoms with van der Waals surface area (Å²) in [5.74, 6) is -0.487. The second-order valence-corrected chi connectivity index (χ2v) is 5.57. The van der Waals surface area contributed by atoms with Crippen molar-refractivity contribution in [3.8, 4) is 10.4 Å². The van der Waals surface area contributed by atoms with Crippen LogP contribution in [0.3, 0.4) is 0 Å². The van der Waals surface area contributed by atoms with Gasteiger partial charge >= 0.3 is 6.18 Å². The van der Waals surface area contributed by atoms with Gasteiger partial charge in [0, 0.05) is 17.8 Å². The summed E-state index contributed by atoms with van der Waals surface area (Å²) in [6.45, 7) is 4.51. The summed E-state index contributed by atoms with van der Waals surface area (Å²) in [6.07, 6.45) is -3.34. The van der Waals surface area contributed by atoms with Crippen molar-refractivity contribution in [2.75, 3.05) is 6.54 Å². The molecule has 0 saturated heterocycles. The van der Waals surface area contributed by atoms with Gasteiger partial charge in [-0.05, 0) is 31.2 Å². The lowest BCUT2D eigenvalue weighted by Crippen LogP contribution is -2.18. The third-order valence-electron chi connectivity index (χ3n) is 3.01.